The molecule has 0 atom stereocenters. The highest BCUT2D eigenvalue weighted by molar-refractivity contribution is 9.10. The van der Waals surface area contributed by atoms with Crippen molar-refractivity contribution >= 4 is 33.0 Å². The van der Waals surface area contributed by atoms with E-state index in [1.54, 1.807) is 42.6 Å². The van der Waals surface area contributed by atoms with Crippen LogP contribution in [0.1, 0.15) is 36.4 Å². The minimum absolute atomic E-state index is 0.0535. The van der Waals surface area contributed by atoms with Crippen LogP contribution in [0.25, 0.3) is 10.9 Å². The molecule has 0 fully saturated rings. The lowest BCUT2D eigenvalue weighted by molar-refractivity contribution is 0.263. The molecule has 8 heteroatoms. The van der Waals surface area contributed by atoms with Gasteiger partial charge in [-0.3, -0.25) is 4.79 Å². The molecule has 4 rings (SSSR count). The van der Waals surface area contributed by atoms with Gasteiger partial charge in [-0.15, -0.1) is 6.58 Å². The van der Waals surface area contributed by atoms with E-state index in [1.165, 1.54) is 10.7 Å². The van der Waals surface area contributed by atoms with Crippen molar-refractivity contribution in [1.82, 2.24) is 9.66 Å². The van der Waals surface area contributed by atoms with Crippen LogP contribution >= 0.6 is 15.9 Å². The third kappa shape index (κ3) is 5.97. The molecule has 0 bridgehead atoms. The number of allylic oxidation sites excluding steroid dienone is 1. The van der Waals surface area contributed by atoms with Gasteiger partial charge in [0.25, 0.3) is 5.56 Å². The summed E-state index contributed by atoms with van der Waals surface area (Å²) in [4.78, 5) is 17.8. The van der Waals surface area contributed by atoms with Crippen LogP contribution in [0.15, 0.2) is 81.6 Å². The normalized spacial score (nSPS) is 11.2. The number of aryl methyl sites for hydroxylation is 1. The van der Waals surface area contributed by atoms with Crippen LogP contribution in [0.5, 0.6) is 11.5 Å². The first-order chi connectivity index (χ1) is 17.9. The maximum Gasteiger partial charge on any atom is 0.282 e. The van der Waals surface area contributed by atoms with Gasteiger partial charge in [-0.2, -0.15) is 9.78 Å². The number of hydrogen-bond donors (Lipinski definition) is 0. The Balaban J connectivity index is 1.74. The van der Waals surface area contributed by atoms with E-state index in [0.717, 1.165) is 10.0 Å². The van der Waals surface area contributed by atoms with Crippen molar-refractivity contribution in [1.29, 1.82) is 0 Å². The van der Waals surface area contributed by atoms with Crippen LogP contribution < -0.4 is 15.0 Å². The first kappa shape index (κ1) is 26.3. The summed E-state index contributed by atoms with van der Waals surface area (Å²) in [6.07, 6.45) is 4.39. The van der Waals surface area contributed by atoms with Gasteiger partial charge in [-0.05, 0) is 55.3 Å². The van der Waals surface area contributed by atoms with Gasteiger partial charge < -0.3 is 9.47 Å². The second-order valence-electron chi connectivity index (χ2n) is 8.22. The molecule has 0 amide bonds. The smallest absolute Gasteiger partial charge is 0.282 e. The van der Waals surface area contributed by atoms with Crippen molar-refractivity contribution in [3.8, 4) is 11.5 Å². The Morgan fingerprint density at radius 3 is 2.65 bits per heavy atom. The highest BCUT2D eigenvalue weighted by Crippen LogP contribution is 2.34. The third-order valence-corrected chi connectivity index (χ3v) is 6.16. The van der Waals surface area contributed by atoms with Crippen LogP contribution in [0, 0.1) is 5.82 Å². The summed E-state index contributed by atoms with van der Waals surface area (Å²) in [6.45, 7) is 8.12. The molecule has 1 aromatic heterocycles. The minimum Gasteiger partial charge on any atom is -0.490 e. The fourth-order valence-corrected chi connectivity index (χ4v) is 4.29. The largest absolute Gasteiger partial charge is 0.490 e. The summed E-state index contributed by atoms with van der Waals surface area (Å²) in [7, 11) is 0. The van der Waals surface area contributed by atoms with E-state index in [9.17, 15) is 9.18 Å². The Kier molecular flexibility index (Phi) is 8.50. The number of rotatable bonds is 10. The van der Waals surface area contributed by atoms with Crippen LogP contribution in [-0.2, 0) is 19.4 Å². The molecule has 0 unspecified atom stereocenters. The van der Waals surface area contributed by atoms with Crippen molar-refractivity contribution in [3.05, 3.63) is 110 Å². The van der Waals surface area contributed by atoms with E-state index in [0.29, 0.717) is 58.8 Å². The molecule has 0 aliphatic heterocycles. The lowest BCUT2D eigenvalue weighted by Gasteiger charge is -2.17. The average Bonchev–Trinajstić information content (AvgIpc) is 2.89. The molecule has 0 aliphatic carbocycles. The Labute approximate surface area is 223 Å². The van der Waals surface area contributed by atoms with Gasteiger partial charge in [0.2, 0.25) is 0 Å². The first-order valence-corrected chi connectivity index (χ1v) is 12.8. The van der Waals surface area contributed by atoms with Crippen LogP contribution in [0.2, 0.25) is 0 Å². The molecule has 0 radical (unpaired) electrons. The number of fused-ring (bicyclic) bond motifs is 1. The standard InChI is InChI=1S/C29H27BrFN3O3/c1-4-9-20-14-19(15-26(36-6-3)28(20)37-18-21-10-7-8-11-24(21)31)17-32-34-27(5-2)33-25-13-12-22(30)16-23(25)29(34)35/h4,7-8,10-17H,1,5-6,9,18H2,2-3H3. The van der Waals surface area contributed by atoms with Crippen LogP contribution in [0.4, 0.5) is 4.39 Å². The SMILES string of the molecule is C=CCc1cc(C=Nn2c(CC)nc3ccc(Br)cc3c2=O)cc(OCC)c1OCc1ccccc1F. The van der Waals surface area contributed by atoms with E-state index >= 15 is 0 Å². The van der Waals surface area contributed by atoms with E-state index in [4.69, 9.17) is 9.47 Å². The van der Waals surface area contributed by atoms with E-state index in [-0.39, 0.29) is 18.0 Å². The summed E-state index contributed by atoms with van der Waals surface area (Å²) in [5.41, 5.74) is 2.34. The molecular weight excluding hydrogens is 537 g/mol. The van der Waals surface area contributed by atoms with Gasteiger partial charge in [-0.25, -0.2) is 9.37 Å². The van der Waals surface area contributed by atoms with Crippen LogP contribution in [-0.4, -0.2) is 22.5 Å². The summed E-state index contributed by atoms with van der Waals surface area (Å²) in [6, 6.07) is 15.6. The molecule has 0 aliphatic rings. The van der Waals surface area contributed by atoms with Gasteiger partial charge in [-0.1, -0.05) is 47.1 Å². The molecule has 6 nitrogen and oxygen atoms in total. The number of benzene rings is 3. The van der Waals surface area contributed by atoms with E-state index < -0.39 is 0 Å². The van der Waals surface area contributed by atoms with E-state index in [1.807, 2.05) is 32.0 Å². The maximum atomic E-state index is 14.1. The lowest BCUT2D eigenvalue weighted by atomic mass is 10.1. The Hall–Kier alpha value is -3.78. The second kappa shape index (κ2) is 12.0. The zero-order valence-corrected chi connectivity index (χ0v) is 22.3. The molecule has 0 spiro atoms. The number of aromatic nitrogens is 2. The van der Waals surface area contributed by atoms with Gasteiger partial charge in [0.1, 0.15) is 18.2 Å². The quantitative estimate of drug-likeness (QED) is 0.164. The summed E-state index contributed by atoms with van der Waals surface area (Å²) in [5.74, 6) is 1.24. The van der Waals surface area contributed by atoms with Crippen molar-refractivity contribution < 1.29 is 13.9 Å². The fraction of sp³-hybridized carbons (Fsp3) is 0.207. The maximum absolute atomic E-state index is 14.1. The zero-order valence-electron chi connectivity index (χ0n) is 20.7. The number of hydrogen-bond acceptors (Lipinski definition) is 5. The predicted octanol–water partition coefficient (Wildman–Crippen LogP) is 6.45. The Bertz CT molecular complexity index is 1530. The van der Waals surface area contributed by atoms with Gasteiger partial charge in [0, 0.05) is 22.0 Å². The van der Waals surface area contributed by atoms with Crippen molar-refractivity contribution in [3.63, 3.8) is 0 Å². The molecular formula is C29H27BrFN3O3. The summed E-state index contributed by atoms with van der Waals surface area (Å²) in [5, 5.41) is 4.97. The average molecular weight is 564 g/mol. The first-order valence-electron chi connectivity index (χ1n) is 12.0. The fourth-order valence-electron chi connectivity index (χ4n) is 3.92. The van der Waals surface area contributed by atoms with Crippen molar-refractivity contribution in [2.24, 2.45) is 5.10 Å². The highest BCUT2D eigenvalue weighted by atomic mass is 79.9. The topological polar surface area (TPSA) is 65.7 Å². The Morgan fingerprint density at radius 1 is 1.11 bits per heavy atom. The molecule has 0 saturated heterocycles. The summed E-state index contributed by atoms with van der Waals surface area (Å²) >= 11 is 3.42. The predicted molar refractivity (Wildman–Crippen MR) is 148 cm³/mol. The third-order valence-electron chi connectivity index (χ3n) is 5.66. The highest BCUT2D eigenvalue weighted by Gasteiger charge is 2.15. The van der Waals surface area contributed by atoms with Crippen molar-refractivity contribution in [2.45, 2.75) is 33.3 Å². The van der Waals surface area contributed by atoms with Crippen LogP contribution in [0.3, 0.4) is 0 Å². The molecule has 3 aromatic carbocycles. The van der Waals surface area contributed by atoms with Crippen molar-refractivity contribution in [2.75, 3.05) is 6.61 Å². The zero-order chi connectivity index (χ0) is 26.4. The minimum atomic E-state index is -0.331. The molecule has 1 heterocycles. The van der Waals surface area contributed by atoms with E-state index in [2.05, 4.69) is 32.6 Å². The molecule has 37 heavy (non-hydrogen) atoms. The van der Waals surface area contributed by atoms with Gasteiger partial charge >= 0.3 is 0 Å². The molecule has 190 valence electrons. The number of ether oxygens (including phenoxy) is 2. The number of halogens is 2. The monoisotopic (exact) mass is 563 g/mol. The lowest BCUT2D eigenvalue weighted by Crippen LogP contribution is -2.22. The summed E-state index contributed by atoms with van der Waals surface area (Å²) < 4.78 is 28.2. The van der Waals surface area contributed by atoms with Gasteiger partial charge in [0.05, 0.1) is 23.7 Å². The number of nitrogens with zero attached hydrogens (tertiary/aromatic N) is 3. The molecule has 0 saturated carbocycles. The Morgan fingerprint density at radius 2 is 1.92 bits per heavy atom. The second-order valence-corrected chi connectivity index (χ2v) is 9.13. The molecule has 0 N–H and O–H groups in total. The van der Waals surface area contributed by atoms with Gasteiger partial charge in [0.15, 0.2) is 11.5 Å². The molecule has 4 aromatic rings.